The first-order valence-corrected chi connectivity index (χ1v) is 7.29. The smallest absolute Gasteiger partial charge is 0.101 e. The van der Waals surface area contributed by atoms with Gasteiger partial charge in [-0.2, -0.15) is 10.5 Å². The van der Waals surface area contributed by atoms with E-state index in [4.69, 9.17) is 10.5 Å². The summed E-state index contributed by atoms with van der Waals surface area (Å²) < 4.78 is 0. The lowest BCUT2D eigenvalue weighted by molar-refractivity contribution is 0.925. The van der Waals surface area contributed by atoms with Crippen LogP contribution in [0.25, 0.3) is 0 Å². The summed E-state index contributed by atoms with van der Waals surface area (Å²) in [5.74, 6) is 0. The fourth-order valence-electron chi connectivity index (χ4n) is 2.11. The Morgan fingerprint density at radius 2 is 1.71 bits per heavy atom. The van der Waals surface area contributed by atoms with Crippen LogP contribution in [0.4, 0.5) is 0 Å². The third kappa shape index (κ3) is 6.11. The maximum atomic E-state index is 9.01. The maximum Gasteiger partial charge on any atom is 0.101 e. The van der Waals surface area contributed by atoms with Gasteiger partial charge in [-0.1, -0.05) is 29.4 Å². The van der Waals surface area contributed by atoms with Gasteiger partial charge in [0.25, 0.3) is 0 Å². The van der Waals surface area contributed by atoms with Gasteiger partial charge in [0, 0.05) is 0 Å². The summed E-state index contributed by atoms with van der Waals surface area (Å²) in [5.41, 5.74) is 4.80. The first-order valence-electron chi connectivity index (χ1n) is 7.29. The molecule has 0 saturated heterocycles. The Kier molecular flexibility index (Phi) is 6.99. The molecule has 2 heteroatoms. The Bertz CT molecular complexity index is 618. The molecule has 0 unspecified atom stereocenters. The van der Waals surface area contributed by atoms with E-state index in [0.717, 1.165) is 31.2 Å². The fraction of sp³-hybridized carbons (Fsp3) is 0.368. The van der Waals surface area contributed by atoms with E-state index in [9.17, 15) is 0 Å². The molecule has 1 aromatic carbocycles. The van der Waals surface area contributed by atoms with Crippen molar-refractivity contribution in [3.63, 3.8) is 0 Å². The average molecular weight is 278 g/mol. The minimum Gasteiger partial charge on any atom is -0.192 e. The summed E-state index contributed by atoms with van der Waals surface area (Å²) in [4.78, 5) is 0. The lowest BCUT2D eigenvalue weighted by Crippen LogP contribution is -1.89. The van der Waals surface area contributed by atoms with Crippen LogP contribution in [0, 0.1) is 22.7 Å². The van der Waals surface area contributed by atoms with Crippen LogP contribution in [0.15, 0.2) is 41.5 Å². The van der Waals surface area contributed by atoms with Gasteiger partial charge < -0.3 is 0 Å². The molecule has 0 amide bonds. The van der Waals surface area contributed by atoms with Crippen LogP contribution in [-0.2, 0) is 6.42 Å². The van der Waals surface area contributed by atoms with E-state index in [-0.39, 0.29) is 0 Å². The molecule has 0 atom stereocenters. The summed E-state index contributed by atoms with van der Waals surface area (Å²) in [6.07, 6.45) is 8.60. The zero-order valence-corrected chi connectivity index (χ0v) is 13.1. The highest BCUT2D eigenvalue weighted by Gasteiger charge is 2.02. The predicted octanol–water partition coefficient (Wildman–Crippen LogP) is 5.06. The SMILES string of the molecule is CC(C)=CCC/C(C)=C/CCc1ccc(C#N)c(C#N)c1. The molecule has 0 aliphatic heterocycles. The number of nitrogens with zero attached hydrogens (tertiary/aromatic N) is 2. The van der Waals surface area contributed by atoms with Crippen LogP contribution in [0.2, 0.25) is 0 Å². The molecular weight excluding hydrogens is 256 g/mol. The van der Waals surface area contributed by atoms with E-state index in [1.165, 1.54) is 11.1 Å². The van der Waals surface area contributed by atoms with Crippen molar-refractivity contribution in [1.29, 1.82) is 10.5 Å². The topological polar surface area (TPSA) is 47.6 Å². The van der Waals surface area contributed by atoms with Crippen molar-refractivity contribution in [2.75, 3.05) is 0 Å². The molecule has 2 nitrogen and oxygen atoms in total. The van der Waals surface area contributed by atoms with E-state index >= 15 is 0 Å². The normalized spacial score (nSPS) is 10.6. The number of rotatable bonds is 6. The van der Waals surface area contributed by atoms with Gasteiger partial charge in [-0.25, -0.2) is 0 Å². The van der Waals surface area contributed by atoms with E-state index in [1.807, 2.05) is 18.2 Å². The zero-order chi connectivity index (χ0) is 15.7. The van der Waals surface area contributed by atoms with Crippen molar-refractivity contribution < 1.29 is 0 Å². The number of allylic oxidation sites excluding steroid dienone is 4. The lowest BCUT2D eigenvalue weighted by atomic mass is 10.0. The number of aryl methyl sites for hydroxylation is 1. The Balaban J connectivity index is 2.54. The third-order valence-electron chi connectivity index (χ3n) is 3.34. The number of nitriles is 2. The van der Waals surface area contributed by atoms with E-state index in [1.54, 1.807) is 6.07 Å². The molecule has 0 heterocycles. The monoisotopic (exact) mass is 278 g/mol. The molecule has 0 N–H and O–H groups in total. The van der Waals surface area contributed by atoms with Crippen LogP contribution < -0.4 is 0 Å². The van der Waals surface area contributed by atoms with E-state index in [0.29, 0.717) is 11.1 Å². The first kappa shape index (κ1) is 16.7. The first-order chi connectivity index (χ1) is 10.1. The van der Waals surface area contributed by atoms with Crippen molar-refractivity contribution in [2.24, 2.45) is 0 Å². The average Bonchev–Trinajstić information content (AvgIpc) is 2.46. The van der Waals surface area contributed by atoms with Gasteiger partial charge in [-0.15, -0.1) is 0 Å². The summed E-state index contributed by atoms with van der Waals surface area (Å²) in [6, 6.07) is 9.62. The Morgan fingerprint density at radius 3 is 2.33 bits per heavy atom. The second kappa shape index (κ2) is 8.77. The fourth-order valence-corrected chi connectivity index (χ4v) is 2.11. The standard InChI is InChI=1S/C19H22N2/c1-15(2)6-4-7-16(3)8-5-9-17-10-11-18(13-20)19(12-17)14-21/h6,8,10-12H,4-5,7,9H2,1-3H3/b16-8+. The van der Waals surface area contributed by atoms with Gasteiger partial charge in [0.2, 0.25) is 0 Å². The molecular formula is C19H22N2. The van der Waals surface area contributed by atoms with Crippen LogP contribution in [0.3, 0.4) is 0 Å². The molecule has 1 aromatic rings. The van der Waals surface area contributed by atoms with Crippen molar-refractivity contribution in [2.45, 2.75) is 46.5 Å². The molecule has 0 bridgehead atoms. The largest absolute Gasteiger partial charge is 0.192 e. The number of hydrogen-bond donors (Lipinski definition) is 0. The Hall–Kier alpha value is -2.32. The van der Waals surface area contributed by atoms with Crippen molar-refractivity contribution >= 4 is 0 Å². The molecule has 1 rings (SSSR count). The van der Waals surface area contributed by atoms with Gasteiger partial charge in [-0.3, -0.25) is 0 Å². The van der Waals surface area contributed by atoms with Gasteiger partial charge in [-0.05, 0) is 64.2 Å². The van der Waals surface area contributed by atoms with Crippen molar-refractivity contribution in [1.82, 2.24) is 0 Å². The molecule has 0 radical (unpaired) electrons. The maximum absolute atomic E-state index is 9.01. The van der Waals surface area contributed by atoms with Crippen LogP contribution in [-0.4, -0.2) is 0 Å². The molecule has 0 aliphatic rings. The van der Waals surface area contributed by atoms with Crippen LogP contribution >= 0.6 is 0 Å². The quantitative estimate of drug-likeness (QED) is 0.683. The van der Waals surface area contributed by atoms with E-state index < -0.39 is 0 Å². The molecule has 21 heavy (non-hydrogen) atoms. The van der Waals surface area contributed by atoms with Gasteiger partial charge in [0.1, 0.15) is 12.1 Å². The molecule has 0 aliphatic carbocycles. The second-order valence-electron chi connectivity index (χ2n) is 5.51. The number of hydrogen-bond acceptors (Lipinski definition) is 2. The Morgan fingerprint density at radius 1 is 1.00 bits per heavy atom. The molecule has 0 aromatic heterocycles. The highest BCUT2D eigenvalue weighted by atomic mass is 14.3. The zero-order valence-electron chi connectivity index (χ0n) is 13.1. The van der Waals surface area contributed by atoms with Crippen LogP contribution in [0.1, 0.15) is 56.7 Å². The second-order valence-corrected chi connectivity index (χ2v) is 5.51. The molecule has 0 fully saturated rings. The number of benzene rings is 1. The highest BCUT2D eigenvalue weighted by Crippen LogP contribution is 2.14. The minimum absolute atomic E-state index is 0.453. The van der Waals surface area contributed by atoms with Gasteiger partial charge in [0.05, 0.1) is 11.1 Å². The van der Waals surface area contributed by atoms with E-state index in [2.05, 4.69) is 39.0 Å². The molecule has 108 valence electrons. The summed E-state index contributed by atoms with van der Waals surface area (Å²) in [6.45, 7) is 6.41. The van der Waals surface area contributed by atoms with Gasteiger partial charge >= 0.3 is 0 Å². The van der Waals surface area contributed by atoms with Crippen molar-refractivity contribution in [3.8, 4) is 12.1 Å². The third-order valence-corrected chi connectivity index (χ3v) is 3.34. The molecule has 0 saturated carbocycles. The minimum atomic E-state index is 0.453. The van der Waals surface area contributed by atoms with Crippen molar-refractivity contribution in [3.05, 3.63) is 58.2 Å². The Labute approximate surface area is 128 Å². The summed E-state index contributed by atoms with van der Waals surface area (Å²) >= 11 is 0. The highest BCUT2D eigenvalue weighted by molar-refractivity contribution is 5.47. The lowest BCUT2D eigenvalue weighted by Gasteiger charge is -2.02. The summed E-state index contributed by atoms with van der Waals surface area (Å²) in [7, 11) is 0. The van der Waals surface area contributed by atoms with Gasteiger partial charge in [0.15, 0.2) is 0 Å². The summed E-state index contributed by atoms with van der Waals surface area (Å²) in [5, 5.41) is 17.9. The molecule has 0 spiro atoms. The predicted molar refractivity (Wildman–Crippen MR) is 86.6 cm³/mol. The van der Waals surface area contributed by atoms with Crippen LogP contribution in [0.5, 0.6) is 0 Å².